The molecule has 4 heteroatoms. The van der Waals surface area contributed by atoms with Gasteiger partial charge in [-0.15, -0.1) is 0 Å². The van der Waals surface area contributed by atoms with Crippen molar-refractivity contribution in [1.82, 2.24) is 0 Å². The first-order valence-electron chi connectivity index (χ1n) is 6.11. The molecule has 0 rings (SSSR count). The largest absolute Gasteiger partial charge is 0.305 e. The maximum absolute atomic E-state index is 13.1. The maximum atomic E-state index is 13.1. The molecule has 0 aliphatic rings. The van der Waals surface area contributed by atoms with Gasteiger partial charge in [0, 0.05) is 0 Å². The Bertz CT molecular complexity index is 165. The van der Waals surface area contributed by atoms with Crippen LogP contribution in [0.4, 0.5) is 8.78 Å². The van der Waals surface area contributed by atoms with Gasteiger partial charge in [-0.05, 0) is 12.7 Å². The number of hydrogen-bond acceptors (Lipinski definition) is 1. The maximum Gasteiger partial charge on any atom is 0.305 e. The molecule has 0 saturated carbocycles. The van der Waals surface area contributed by atoms with Crippen LogP contribution in [-0.2, 0) is 0 Å². The molecule has 1 unspecified atom stereocenters. The lowest BCUT2D eigenvalue weighted by molar-refractivity contribution is 0.102. The van der Waals surface area contributed by atoms with Crippen LogP contribution >= 0.6 is 27.7 Å². The van der Waals surface area contributed by atoms with E-state index in [2.05, 4.69) is 22.9 Å². The zero-order chi connectivity index (χ0) is 12.4. The summed E-state index contributed by atoms with van der Waals surface area (Å²) in [6.07, 6.45) is 10.3. The van der Waals surface area contributed by atoms with Gasteiger partial charge < -0.3 is 0 Å². The van der Waals surface area contributed by atoms with Gasteiger partial charge in [-0.3, -0.25) is 0 Å². The van der Waals surface area contributed by atoms with E-state index in [1.165, 1.54) is 38.4 Å². The van der Waals surface area contributed by atoms with Gasteiger partial charge in [-0.2, -0.15) is 8.78 Å². The lowest BCUT2D eigenvalue weighted by Gasteiger charge is -2.19. The van der Waals surface area contributed by atoms with E-state index < -0.39 is 10.1 Å². The molecule has 0 aromatic carbocycles. The van der Waals surface area contributed by atoms with Crippen LogP contribution < -0.4 is 0 Å². The fraction of sp³-hybridized carbons (Fsp3) is 1.00. The summed E-state index contributed by atoms with van der Waals surface area (Å²) in [4.78, 5) is -0.675. The van der Waals surface area contributed by atoms with E-state index in [1.54, 1.807) is 0 Å². The molecule has 0 aromatic heterocycles. The highest BCUT2D eigenvalue weighted by Crippen LogP contribution is 2.37. The lowest BCUT2D eigenvalue weighted by Crippen LogP contribution is -2.24. The first kappa shape index (κ1) is 16.7. The molecule has 0 heterocycles. The number of hydrogen-bond donors (Lipinski definition) is 0. The minimum Gasteiger partial charge on any atom is -0.193 e. The van der Waals surface area contributed by atoms with Crippen LogP contribution in [0.5, 0.6) is 0 Å². The number of alkyl halides is 3. The molecule has 0 bridgehead atoms. The summed E-state index contributed by atoms with van der Waals surface area (Å²) in [5, 5.41) is -2.62. The Morgan fingerprint density at radius 3 is 2.06 bits per heavy atom. The summed E-state index contributed by atoms with van der Waals surface area (Å²) in [7, 11) is 0. The van der Waals surface area contributed by atoms with E-state index in [9.17, 15) is 8.78 Å². The molecule has 0 radical (unpaired) electrons. The standard InChI is InChI=1S/C12H23BrF2S/c1-3-4-5-6-7-8-9-10-11(13)12(14,15)16-2/h11H,3-10H2,1-2H3. The minimum atomic E-state index is -2.62. The highest BCUT2D eigenvalue weighted by Gasteiger charge is 2.36. The lowest BCUT2D eigenvalue weighted by atomic mass is 10.1. The fourth-order valence-electron chi connectivity index (χ4n) is 1.58. The van der Waals surface area contributed by atoms with Gasteiger partial charge >= 0.3 is 5.25 Å². The number of rotatable bonds is 10. The molecular weight excluding hydrogens is 294 g/mol. The van der Waals surface area contributed by atoms with E-state index in [0.717, 1.165) is 12.8 Å². The van der Waals surface area contributed by atoms with Gasteiger partial charge in [-0.1, -0.05) is 79.6 Å². The third-order valence-electron chi connectivity index (χ3n) is 2.70. The Morgan fingerprint density at radius 2 is 1.56 bits per heavy atom. The first-order chi connectivity index (χ1) is 7.54. The second-order valence-corrected chi connectivity index (χ2v) is 6.20. The van der Waals surface area contributed by atoms with E-state index in [1.807, 2.05) is 0 Å². The monoisotopic (exact) mass is 316 g/mol. The highest BCUT2D eigenvalue weighted by molar-refractivity contribution is 9.09. The number of unbranched alkanes of at least 4 members (excludes halogenated alkanes) is 6. The summed E-state index contributed by atoms with van der Waals surface area (Å²) in [6.45, 7) is 2.19. The second kappa shape index (κ2) is 9.69. The summed E-state index contributed by atoms with van der Waals surface area (Å²) >= 11 is 3.71. The molecule has 0 fully saturated rings. The molecule has 98 valence electrons. The summed E-state index contributed by atoms with van der Waals surface area (Å²) in [5.74, 6) is 0. The Morgan fingerprint density at radius 1 is 1.06 bits per heavy atom. The quantitative estimate of drug-likeness (QED) is 0.360. The van der Waals surface area contributed by atoms with Crippen LogP contribution in [0.3, 0.4) is 0 Å². The van der Waals surface area contributed by atoms with Crippen molar-refractivity contribution in [3.05, 3.63) is 0 Å². The molecule has 0 nitrogen and oxygen atoms in total. The molecule has 0 aromatic rings. The third-order valence-corrected chi connectivity index (χ3v) is 4.86. The molecule has 0 spiro atoms. The van der Waals surface area contributed by atoms with Crippen molar-refractivity contribution in [2.24, 2.45) is 0 Å². The Balaban J connectivity index is 3.38. The molecule has 0 aliphatic heterocycles. The predicted octanol–water partition coefficient (Wildman–Crippen LogP) is 5.85. The molecule has 0 aliphatic carbocycles. The Labute approximate surface area is 111 Å². The number of halogens is 3. The SMILES string of the molecule is CCCCCCCCCC(Br)C(F)(F)SC. The van der Waals surface area contributed by atoms with Crippen molar-refractivity contribution < 1.29 is 8.78 Å². The molecule has 0 N–H and O–H groups in total. The van der Waals surface area contributed by atoms with Crippen LogP contribution in [0.2, 0.25) is 0 Å². The van der Waals surface area contributed by atoms with Gasteiger partial charge in [0.1, 0.15) is 0 Å². The first-order valence-corrected chi connectivity index (χ1v) is 8.25. The van der Waals surface area contributed by atoms with Crippen LogP contribution in [-0.4, -0.2) is 16.3 Å². The van der Waals surface area contributed by atoms with Gasteiger partial charge in [0.2, 0.25) is 0 Å². The highest BCUT2D eigenvalue weighted by atomic mass is 79.9. The predicted molar refractivity (Wildman–Crippen MR) is 73.8 cm³/mol. The van der Waals surface area contributed by atoms with Gasteiger partial charge in [0.25, 0.3) is 0 Å². The summed E-state index contributed by atoms with van der Waals surface area (Å²) in [6, 6.07) is 0. The molecular formula is C12H23BrF2S. The van der Waals surface area contributed by atoms with Gasteiger partial charge in [0.15, 0.2) is 0 Å². The second-order valence-electron chi connectivity index (χ2n) is 4.14. The summed E-state index contributed by atoms with van der Waals surface area (Å²) in [5.41, 5.74) is 0. The van der Waals surface area contributed by atoms with E-state index >= 15 is 0 Å². The number of thioether (sulfide) groups is 1. The van der Waals surface area contributed by atoms with Crippen LogP contribution in [0.25, 0.3) is 0 Å². The van der Waals surface area contributed by atoms with Crippen molar-refractivity contribution in [3.63, 3.8) is 0 Å². The van der Waals surface area contributed by atoms with Crippen molar-refractivity contribution in [2.75, 3.05) is 6.26 Å². The van der Waals surface area contributed by atoms with Gasteiger partial charge in [0.05, 0.1) is 4.83 Å². The van der Waals surface area contributed by atoms with Crippen molar-refractivity contribution in [3.8, 4) is 0 Å². The average molecular weight is 317 g/mol. The zero-order valence-corrected chi connectivity index (χ0v) is 12.7. The zero-order valence-electron chi connectivity index (χ0n) is 10.3. The van der Waals surface area contributed by atoms with Crippen molar-refractivity contribution in [1.29, 1.82) is 0 Å². The van der Waals surface area contributed by atoms with E-state index in [0.29, 0.717) is 18.2 Å². The van der Waals surface area contributed by atoms with Crippen LogP contribution in [0, 0.1) is 0 Å². The Kier molecular flexibility index (Phi) is 10.1. The van der Waals surface area contributed by atoms with Crippen LogP contribution in [0.15, 0.2) is 0 Å². The average Bonchev–Trinajstić information content (AvgIpc) is 2.27. The van der Waals surface area contributed by atoms with Crippen molar-refractivity contribution in [2.45, 2.75) is 68.4 Å². The third kappa shape index (κ3) is 7.88. The summed E-state index contributed by atoms with van der Waals surface area (Å²) < 4.78 is 26.3. The Hall–Kier alpha value is 0.690. The smallest absolute Gasteiger partial charge is 0.193 e. The van der Waals surface area contributed by atoms with E-state index in [-0.39, 0.29) is 0 Å². The topological polar surface area (TPSA) is 0 Å². The molecule has 1 atom stereocenters. The van der Waals surface area contributed by atoms with Crippen LogP contribution in [0.1, 0.15) is 58.3 Å². The van der Waals surface area contributed by atoms with E-state index in [4.69, 9.17) is 0 Å². The minimum absolute atomic E-state index is 0.571. The molecule has 0 saturated heterocycles. The fourth-order valence-corrected chi connectivity index (χ4v) is 2.83. The van der Waals surface area contributed by atoms with Crippen molar-refractivity contribution >= 4 is 27.7 Å². The molecule has 0 amide bonds. The van der Waals surface area contributed by atoms with Gasteiger partial charge in [-0.25, -0.2) is 0 Å². The normalized spacial score (nSPS) is 14.1. The molecule has 16 heavy (non-hydrogen) atoms.